The van der Waals surface area contributed by atoms with Crippen LogP contribution in [0.25, 0.3) is 0 Å². The first-order chi connectivity index (χ1) is 11.5. The molecule has 0 saturated heterocycles. The second kappa shape index (κ2) is 9.76. The molecule has 4 nitrogen and oxygen atoms in total. The van der Waals surface area contributed by atoms with E-state index >= 15 is 0 Å². The third-order valence-corrected chi connectivity index (χ3v) is 10.7. The lowest BCUT2D eigenvalue weighted by Gasteiger charge is -2.02. The lowest BCUT2D eigenvalue weighted by Crippen LogP contribution is -2.00. The lowest BCUT2D eigenvalue weighted by molar-refractivity contribution is 0.0594. The molecule has 0 radical (unpaired) electrons. The van der Waals surface area contributed by atoms with Crippen molar-refractivity contribution in [3.63, 3.8) is 0 Å². The SMILES string of the molecule is COC(=O)c1sc(=S)sc1SCCSc1sc(=S)sc1C(=O)OC. The summed E-state index contributed by atoms with van der Waals surface area (Å²) in [4.78, 5) is 24.6. The summed E-state index contributed by atoms with van der Waals surface area (Å²) in [6.45, 7) is 0. The van der Waals surface area contributed by atoms with E-state index in [-0.39, 0.29) is 11.9 Å². The van der Waals surface area contributed by atoms with E-state index in [9.17, 15) is 9.59 Å². The van der Waals surface area contributed by atoms with E-state index in [4.69, 9.17) is 33.9 Å². The van der Waals surface area contributed by atoms with Gasteiger partial charge in [-0.3, -0.25) is 0 Å². The Morgan fingerprint density at radius 2 is 1.21 bits per heavy atom. The Morgan fingerprint density at radius 3 is 1.54 bits per heavy atom. The summed E-state index contributed by atoms with van der Waals surface area (Å²) in [7, 11) is 2.72. The van der Waals surface area contributed by atoms with Crippen LogP contribution in [0.1, 0.15) is 19.3 Å². The molecule has 0 aliphatic carbocycles. The molecule has 24 heavy (non-hydrogen) atoms. The largest absolute Gasteiger partial charge is 0.465 e. The zero-order valence-electron chi connectivity index (χ0n) is 12.3. The normalized spacial score (nSPS) is 10.6. The Morgan fingerprint density at radius 1 is 0.833 bits per heavy atom. The maximum absolute atomic E-state index is 11.7. The van der Waals surface area contributed by atoms with Gasteiger partial charge < -0.3 is 9.47 Å². The Balaban J connectivity index is 1.97. The van der Waals surface area contributed by atoms with Crippen molar-refractivity contribution in [2.45, 2.75) is 8.42 Å². The van der Waals surface area contributed by atoms with Crippen LogP contribution in [0, 0.1) is 6.28 Å². The zero-order chi connectivity index (χ0) is 17.7. The molecule has 2 rings (SSSR count). The van der Waals surface area contributed by atoms with Crippen molar-refractivity contribution in [2.75, 3.05) is 25.7 Å². The standard InChI is InChI=1S/C12H10O4S8/c1-15-7(13)5-9(23-11(17)21-5)19-3-4-20-10-6(8(14)16-2)22-12(18)24-10/h3-4H2,1-2H3. The molecule has 0 unspecified atom stereocenters. The predicted molar refractivity (Wildman–Crippen MR) is 110 cm³/mol. The van der Waals surface area contributed by atoms with Crippen LogP contribution in [-0.4, -0.2) is 37.7 Å². The first-order valence-electron chi connectivity index (χ1n) is 6.16. The number of carbonyl (C=O) groups is 2. The molecular formula is C12H10O4S8. The number of carbonyl (C=O) groups excluding carboxylic acids is 2. The number of methoxy groups -OCH3 is 2. The number of rotatable bonds is 7. The van der Waals surface area contributed by atoms with E-state index in [2.05, 4.69) is 0 Å². The third-order valence-electron chi connectivity index (χ3n) is 2.38. The number of hydrogen-bond acceptors (Lipinski definition) is 12. The van der Waals surface area contributed by atoms with Gasteiger partial charge in [0.2, 0.25) is 0 Å². The molecule has 2 aromatic heterocycles. The summed E-state index contributed by atoms with van der Waals surface area (Å²) < 4.78 is 12.7. The van der Waals surface area contributed by atoms with E-state index in [0.717, 1.165) is 19.9 Å². The number of thioether (sulfide) groups is 2. The third kappa shape index (κ3) is 5.34. The smallest absolute Gasteiger partial charge is 0.350 e. The minimum absolute atomic E-state index is 0.355. The molecule has 0 fully saturated rings. The Bertz CT molecular complexity index is 772. The van der Waals surface area contributed by atoms with Gasteiger partial charge in [-0.1, -0.05) is 24.4 Å². The van der Waals surface area contributed by atoms with Crippen molar-refractivity contribution >= 4 is 105 Å². The summed E-state index contributed by atoms with van der Waals surface area (Å²) in [5.74, 6) is 0.830. The average Bonchev–Trinajstić information content (AvgIpc) is 3.12. The number of hydrogen-bond donors (Lipinski definition) is 0. The van der Waals surface area contributed by atoms with Crippen LogP contribution in [0.4, 0.5) is 0 Å². The van der Waals surface area contributed by atoms with E-state index in [0.29, 0.717) is 16.0 Å². The molecule has 0 aliphatic rings. The maximum atomic E-state index is 11.7. The van der Waals surface area contributed by atoms with Crippen LogP contribution in [0.3, 0.4) is 0 Å². The van der Waals surface area contributed by atoms with E-state index in [1.807, 2.05) is 0 Å². The quantitative estimate of drug-likeness (QED) is 0.214. The predicted octanol–water partition coefficient (Wildman–Crippen LogP) is 5.85. The fraction of sp³-hybridized carbons (Fsp3) is 0.333. The molecule has 0 saturated carbocycles. The first kappa shape index (κ1) is 20.5. The molecule has 0 aromatic carbocycles. The molecule has 0 atom stereocenters. The van der Waals surface area contributed by atoms with Crippen LogP contribution in [0.2, 0.25) is 0 Å². The van der Waals surface area contributed by atoms with Gasteiger partial charge in [-0.15, -0.1) is 68.9 Å². The molecule has 2 aromatic rings. The van der Waals surface area contributed by atoms with E-state index in [1.165, 1.54) is 59.6 Å². The van der Waals surface area contributed by atoms with Gasteiger partial charge >= 0.3 is 11.9 Å². The van der Waals surface area contributed by atoms with Gasteiger partial charge in [0.25, 0.3) is 0 Å². The second-order valence-corrected chi connectivity index (χ2v) is 13.0. The van der Waals surface area contributed by atoms with Crippen LogP contribution in [0.15, 0.2) is 8.42 Å². The Kier molecular flexibility index (Phi) is 8.33. The van der Waals surface area contributed by atoms with Gasteiger partial charge in [0.1, 0.15) is 16.0 Å². The van der Waals surface area contributed by atoms with Crippen LogP contribution in [0.5, 0.6) is 0 Å². The van der Waals surface area contributed by atoms with Crippen molar-refractivity contribution < 1.29 is 19.1 Å². The minimum Gasteiger partial charge on any atom is -0.465 e. The van der Waals surface area contributed by atoms with Crippen LogP contribution in [-0.2, 0) is 9.47 Å². The first-order valence-corrected chi connectivity index (χ1v) is 12.2. The van der Waals surface area contributed by atoms with Crippen molar-refractivity contribution in [3.05, 3.63) is 16.0 Å². The Hall–Kier alpha value is 0.180. The fourth-order valence-corrected chi connectivity index (χ4v) is 9.93. The highest BCUT2D eigenvalue weighted by molar-refractivity contribution is 8.05. The molecular weight excluding hydrogens is 465 g/mol. The minimum atomic E-state index is -0.355. The fourth-order valence-electron chi connectivity index (χ4n) is 1.43. The molecule has 0 aliphatic heterocycles. The molecule has 0 spiro atoms. The molecule has 0 amide bonds. The van der Waals surface area contributed by atoms with Gasteiger partial charge in [-0.05, 0) is 0 Å². The van der Waals surface area contributed by atoms with E-state index < -0.39 is 0 Å². The van der Waals surface area contributed by atoms with Gasteiger partial charge in [0, 0.05) is 11.5 Å². The molecule has 130 valence electrons. The molecule has 0 N–H and O–H groups in total. The highest BCUT2D eigenvalue weighted by Crippen LogP contribution is 2.37. The van der Waals surface area contributed by atoms with Crippen LogP contribution >= 0.6 is 93.3 Å². The highest BCUT2D eigenvalue weighted by atomic mass is 32.2. The van der Waals surface area contributed by atoms with Crippen molar-refractivity contribution in [3.8, 4) is 0 Å². The molecule has 2 heterocycles. The van der Waals surface area contributed by atoms with Crippen molar-refractivity contribution in [1.29, 1.82) is 0 Å². The summed E-state index contributed by atoms with van der Waals surface area (Å²) in [6, 6.07) is 0. The number of ether oxygens (including phenoxy) is 2. The Labute approximate surface area is 173 Å². The van der Waals surface area contributed by atoms with Gasteiger partial charge in [-0.25, -0.2) is 9.59 Å². The van der Waals surface area contributed by atoms with Crippen molar-refractivity contribution in [1.82, 2.24) is 0 Å². The topological polar surface area (TPSA) is 52.6 Å². The monoisotopic (exact) mass is 474 g/mol. The van der Waals surface area contributed by atoms with Gasteiger partial charge in [-0.2, -0.15) is 0 Å². The second-order valence-electron chi connectivity index (χ2n) is 3.82. The summed E-state index contributed by atoms with van der Waals surface area (Å²) in [5, 5.41) is 0. The summed E-state index contributed by atoms with van der Waals surface area (Å²) in [5.41, 5.74) is 0. The van der Waals surface area contributed by atoms with Crippen molar-refractivity contribution in [2.24, 2.45) is 0 Å². The molecule has 0 bridgehead atoms. The summed E-state index contributed by atoms with van der Waals surface area (Å²) >= 11 is 18.8. The van der Waals surface area contributed by atoms with E-state index in [1.54, 1.807) is 23.5 Å². The summed E-state index contributed by atoms with van der Waals surface area (Å²) in [6.07, 6.45) is 0. The lowest BCUT2D eigenvalue weighted by atomic mass is 10.6. The van der Waals surface area contributed by atoms with Gasteiger partial charge in [0.05, 0.1) is 22.6 Å². The van der Waals surface area contributed by atoms with Gasteiger partial charge in [0.15, 0.2) is 0 Å². The molecule has 12 heteroatoms. The maximum Gasteiger partial charge on any atom is 0.350 e. The number of esters is 2. The zero-order valence-corrected chi connectivity index (χ0v) is 18.8. The van der Waals surface area contributed by atoms with Crippen LogP contribution < -0.4 is 0 Å². The highest BCUT2D eigenvalue weighted by Gasteiger charge is 2.18. The average molecular weight is 475 g/mol.